The van der Waals surface area contributed by atoms with E-state index in [2.05, 4.69) is 20.9 Å². The number of piperidine rings is 1. The van der Waals surface area contributed by atoms with Crippen LogP contribution < -0.4 is 16.0 Å². The molecule has 1 aromatic heterocycles. The fourth-order valence-electron chi connectivity index (χ4n) is 3.23. The van der Waals surface area contributed by atoms with Crippen molar-refractivity contribution in [2.24, 2.45) is 5.92 Å². The smallest absolute Gasteiger partial charge is 0.407 e. The van der Waals surface area contributed by atoms with Crippen molar-refractivity contribution >= 4 is 35.3 Å². The number of alkyl carbamates (subject to hydrolysis) is 1. The zero-order chi connectivity index (χ0) is 23.0. The monoisotopic (exact) mass is 453 g/mol. The molecule has 3 amide bonds. The second-order valence-electron chi connectivity index (χ2n) is 8.58. The van der Waals surface area contributed by atoms with E-state index in [9.17, 15) is 14.4 Å². The summed E-state index contributed by atoms with van der Waals surface area (Å²) in [5.41, 5.74) is -0.564. The van der Waals surface area contributed by atoms with Crippen LogP contribution in [0.15, 0.2) is 18.3 Å². The number of ether oxygens (including phenoxy) is 1. The molecule has 2 atom stereocenters. The third kappa shape index (κ3) is 8.70. The van der Waals surface area contributed by atoms with Crippen LogP contribution >= 0.6 is 11.6 Å². The van der Waals surface area contributed by atoms with E-state index in [-0.39, 0.29) is 24.3 Å². The van der Waals surface area contributed by atoms with Crippen LogP contribution in [0.4, 0.5) is 10.6 Å². The topological polar surface area (TPSA) is 113 Å². The van der Waals surface area contributed by atoms with Gasteiger partial charge in [0.1, 0.15) is 11.4 Å². The summed E-state index contributed by atoms with van der Waals surface area (Å²) in [5, 5.41) is 8.73. The lowest BCUT2D eigenvalue weighted by molar-refractivity contribution is -0.129. The zero-order valence-electron chi connectivity index (χ0n) is 18.5. The molecular formula is C21H32ClN5O4. The standard InChI is InChI=1S/C21H32ClN5O4/c1-14(18(28)26-17-8-7-16(22)12-25-17)27-11-5-6-15(13-27)19(29)23-9-10-24-20(30)31-21(2,3)4/h7-8,12,14-15H,5-6,9-11,13H2,1-4H3,(H,23,29)(H,24,30)(H,25,26,28). The van der Waals surface area contributed by atoms with E-state index in [1.807, 2.05) is 11.8 Å². The van der Waals surface area contributed by atoms with Crippen LogP contribution in [-0.4, -0.2) is 65.6 Å². The van der Waals surface area contributed by atoms with Crippen LogP contribution in [0.5, 0.6) is 0 Å². The van der Waals surface area contributed by atoms with Crippen molar-refractivity contribution in [3.05, 3.63) is 23.4 Å². The maximum absolute atomic E-state index is 12.6. The fourth-order valence-corrected chi connectivity index (χ4v) is 3.34. The molecule has 31 heavy (non-hydrogen) atoms. The first-order valence-electron chi connectivity index (χ1n) is 10.5. The Kier molecular flexibility index (Phi) is 9.06. The Bertz CT molecular complexity index is 766. The fraction of sp³-hybridized carbons (Fsp3) is 0.619. The van der Waals surface area contributed by atoms with Crippen molar-refractivity contribution < 1.29 is 19.1 Å². The number of pyridine rings is 1. The molecule has 2 heterocycles. The molecule has 0 spiro atoms. The highest BCUT2D eigenvalue weighted by Crippen LogP contribution is 2.19. The lowest BCUT2D eigenvalue weighted by Gasteiger charge is -2.35. The summed E-state index contributed by atoms with van der Waals surface area (Å²) in [4.78, 5) is 42.8. The zero-order valence-corrected chi connectivity index (χ0v) is 19.3. The average Bonchev–Trinajstić information content (AvgIpc) is 2.71. The third-order valence-corrected chi connectivity index (χ3v) is 5.05. The van der Waals surface area contributed by atoms with E-state index < -0.39 is 17.7 Å². The van der Waals surface area contributed by atoms with Gasteiger partial charge in [-0.05, 0) is 59.2 Å². The first-order valence-corrected chi connectivity index (χ1v) is 10.8. The van der Waals surface area contributed by atoms with Crippen molar-refractivity contribution in [2.45, 2.75) is 52.2 Å². The van der Waals surface area contributed by atoms with E-state index in [1.54, 1.807) is 32.9 Å². The Morgan fingerprint density at radius 3 is 2.61 bits per heavy atom. The molecule has 1 fully saturated rings. The van der Waals surface area contributed by atoms with Gasteiger partial charge in [-0.1, -0.05) is 11.6 Å². The van der Waals surface area contributed by atoms with Gasteiger partial charge in [-0.15, -0.1) is 0 Å². The normalized spacial score (nSPS) is 18.0. The minimum Gasteiger partial charge on any atom is -0.444 e. The van der Waals surface area contributed by atoms with Crippen LogP contribution in [0, 0.1) is 5.92 Å². The Morgan fingerprint density at radius 2 is 1.97 bits per heavy atom. The number of anilines is 1. The van der Waals surface area contributed by atoms with E-state index >= 15 is 0 Å². The van der Waals surface area contributed by atoms with Crippen LogP contribution in [0.2, 0.25) is 5.02 Å². The van der Waals surface area contributed by atoms with Crippen LogP contribution in [0.3, 0.4) is 0 Å². The number of nitrogens with zero attached hydrogens (tertiary/aromatic N) is 2. The average molecular weight is 454 g/mol. The highest BCUT2D eigenvalue weighted by Gasteiger charge is 2.31. The summed E-state index contributed by atoms with van der Waals surface area (Å²) >= 11 is 5.82. The first kappa shape index (κ1) is 24.9. The largest absolute Gasteiger partial charge is 0.444 e. The summed E-state index contributed by atoms with van der Waals surface area (Å²) in [7, 11) is 0. The minimum absolute atomic E-state index is 0.0809. The lowest BCUT2D eigenvalue weighted by Crippen LogP contribution is -2.50. The molecule has 1 aliphatic heterocycles. The molecule has 3 N–H and O–H groups in total. The quantitative estimate of drug-likeness (QED) is 0.546. The summed E-state index contributed by atoms with van der Waals surface area (Å²) in [6, 6.07) is 2.90. The maximum atomic E-state index is 12.6. The maximum Gasteiger partial charge on any atom is 0.407 e. The van der Waals surface area contributed by atoms with Crippen molar-refractivity contribution in [2.75, 3.05) is 31.5 Å². The first-order chi connectivity index (χ1) is 14.5. The van der Waals surface area contributed by atoms with Gasteiger partial charge < -0.3 is 20.7 Å². The molecule has 2 unspecified atom stereocenters. The number of aromatic nitrogens is 1. The van der Waals surface area contributed by atoms with Crippen LogP contribution in [-0.2, 0) is 14.3 Å². The summed E-state index contributed by atoms with van der Waals surface area (Å²) < 4.78 is 5.15. The summed E-state index contributed by atoms with van der Waals surface area (Å²) in [6.45, 7) is 9.01. The number of amides is 3. The Hall–Kier alpha value is -2.39. The van der Waals surface area contributed by atoms with Gasteiger partial charge in [0.25, 0.3) is 0 Å². The van der Waals surface area contributed by atoms with Crippen molar-refractivity contribution in [3.63, 3.8) is 0 Å². The molecule has 0 saturated carbocycles. The highest BCUT2D eigenvalue weighted by molar-refractivity contribution is 6.30. The summed E-state index contributed by atoms with van der Waals surface area (Å²) in [6.07, 6.45) is 2.54. The number of carbonyl (C=O) groups is 3. The van der Waals surface area contributed by atoms with Crippen molar-refractivity contribution in [1.82, 2.24) is 20.5 Å². The molecule has 0 aliphatic carbocycles. The molecule has 0 radical (unpaired) electrons. The van der Waals surface area contributed by atoms with E-state index in [0.717, 1.165) is 19.4 Å². The van der Waals surface area contributed by atoms with Gasteiger partial charge in [0.2, 0.25) is 11.8 Å². The number of nitrogens with one attached hydrogen (secondary N) is 3. The van der Waals surface area contributed by atoms with Crippen LogP contribution in [0.25, 0.3) is 0 Å². The predicted octanol–water partition coefficient (Wildman–Crippen LogP) is 2.41. The molecule has 172 valence electrons. The molecular weight excluding hydrogens is 422 g/mol. The molecule has 0 aromatic carbocycles. The molecule has 1 aliphatic rings. The Labute approximate surface area is 188 Å². The number of rotatable bonds is 7. The minimum atomic E-state index is -0.564. The molecule has 0 bridgehead atoms. The van der Waals surface area contributed by atoms with Gasteiger partial charge >= 0.3 is 6.09 Å². The molecule has 2 rings (SSSR count). The number of carbonyl (C=O) groups excluding carboxylic acids is 3. The third-order valence-electron chi connectivity index (χ3n) is 4.82. The predicted molar refractivity (Wildman–Crippen MR) is 119 cm³/mol. The Balaban J connectivity index is 1.76. The lowest BCUT2D eigenvalue weighted by atomic mass is 9.96. The second-order valence-corrected chi connectivity index (χ2v) is 9.02. The Morgan fingerprint density at radius 1 is 1.26 bits per heavy atom. The van der Waals surface area contributed by atoms with Gasteiger partial charge in [0, 0.05) is 25.8 Å². The molecule has 1 aromatic rings. The number of hydrogen-bond donors (Lipinski definition) is 3. The van der Waals surface area contributed by atoms with Gasteiger partial charge in [-0.3, -0.25) is 14.5 Å². The van der Waals surface area contributed by atoms with Crippen molar-refractivity contribution in [3.8, 4) is 0 Å². The summed E-state index contributed by atoms with van der Waals surface area (Å²) in [5.74, 6) is -0.0377. The van der Waals surface area contributed by atoms with Crippen molar-refractivity contribution in [1.29, 1.82) is 0 Å². The van der Waals surface area contributed by atoms with E-state index in [1.165, 1.54) is 6.20 Å². The second kappa shape index (κ2) is 11.3. The van der Waals surface area contributed by atoms with Gasteiger partial charge in [-0.25, -0.2) is 9.78 Å². The molecule has 1 saturated heterocycles. The highest BCUT2D eigenvalue weighted by atomic mass is 35.5. The number of halogens is 1. The SMILES string of the molecule is CC(C(=O)Nc1ccc(Cl)cn1)N1CCCC(C(=O)NCCNC(=O)OC(C)(C)C)C1. The van der Waals surface area contributed by atoms with Gasteiger partial charge in [0.15, 0.2) is 0 Å². The number of hydrogen-bond acceptors (Lipinski definition) is 6. The van der Waals surface area contributed by atoms with Crippen LogP contribution in [0.1, 0.15) is 40.5 Å². The number of likely N-dealkylation sites (tertiary alicyclic amines) is 1. The molecule has 10 heteroatoms. The van der Waals surface area contributed by atoms with E-state index in [4.69, 9.17) is 16.3 Å². The van der Waals surface area contributed by atoms with Gasteiger partial charge in [-0.2, -0.15) is 0 Å². The molecule has 9 nitrogen and oxygen atoms in total. The van der Waals surface area contributed by atoms with E-state index in [0.29, 0.717) is 23.9 Å². The van der Waals surface area contributed by atoms with Gasteiger partial charge in [0.05, 0.1) is 17.0 Å².